The molecule has 3 rings (SSSR count). The van der Waals surface area contributed by atoms with Crippen LogP contribution in [0.1, 0.15) is 36.8 Å². The summed E-state index contributed by atoms with van der Waals surface area (Å²) in [5.74, 6) is 2.48. The van der Waals surface area contributed by atoms with Gasteiger partial charge < -0.3 is 25.8 Å². The number of nitrogens with two attached hydrogens (primary N) is 2. The monoisotopic (exact) mass is 331 g/mol. The van der Waals surface area contributed by atoms with E-state index >= 15 is 0 Å². The van der Waals surface area contributed by atoms with Crippen LogP contribution in [-0.4, -0.2) is 53.3 Å². The topological polar surface area (TPSA) is 110 Å². The minimum atomic E-state index is 0.200. The van der Waals surface area contributed by atoms with Crippen molar-refractivity contribution in [1.82, 2.24) is 20.0 Å². The molecule has 24 heavy (non-hydrogen) atoms. The largest absolute Gasteiger partial charge is 0.383 e. The van der Waals surface area contributed by atoms with Crippen molar-refractivity contribution >= 4 is 17.6 Å². The minimum Gasteiger partial charge on any atom is -0.383 e. The molecule has 130 valence electrons. The van der Waals surface area contributed by atoms with E-state index in [0.29, 0.717) is 18.2 Å². The van der Waals surface area contributed by atoms with Crippen LogP contribution in [0, 0.1) is 0 Å². The Balaban J connectivity index is 1.90. The molecule has 3 heterocycles. The highest BCUT2D eigenvalue weighted by molar-refractivity contribution is 5.61. The number of anilines is 3. The molecule has 0 saturated carbocycles. The summed E-state index contributed by atoms with van der Waals surface area (Å²) < 4.78 is 5.46. The Labute approximate surface area is 141 Å². The first-order valence-electron chi connectivity index (χ1n) is 8.25. The van der Waals surface area contributed by atoms with Crippen molar-refractivity contribution in [2.24, 2.45) is 0 Å². The number of hydrogen-bond donors (Lipinski definition) is 2. The number of piperazine rings is 1. The lowest BCUT2D eigenvalue weighted by Crippen LogP contribution is -2.45. The average Bonchev–Trinajstić information content (AvgIpc) is 2.99. The van der Waals surface area contributed by atoms with Crippen molar-refractivity contribution in [3.8, 4) is 0 Å². The van der Waals surface area contributed by atoms with Crippen molar-refractivity contribution in [3.63, 3.8) is 0 Å². The second-order valence-corrected chi connectivity index (χ2v) is 6.61. The number of rotatable bonds is 4. The van der Waals surface area contributed by atoms with E-state index in [-0.39, 0.29) is 5.95 Å². The van der Waals surface area contributed by atoms with Crippen LogP contribution in [0.25, 0.3) is 0 Å². The van der Waals surface area contributed by atoms with Crippen molar-refractivity contribution < 1.29 is 4.52 Å². The zero-order chi connectivity index (χ0) is 17.3. The maximum Gasteiger partial charge on any atom is 0.223 e. The van der Waals surface area contributed by atoms with Gasteiger partial charge in [-0.05, 0) is 13.0 Å². The Bertz CT molecular complexity index is 704. The molecule has 0 aromatic carbocycles. The van der Waals surface area contributed by atoms with E-state index in [1.54, 1.807) is 0 Å². The van der Waals surface area contributed by atoms with Gasteiger partial charge in [0.2, 0.25) is 5.95 Å². The third-order valence-corrected chi connectivity index (χ3v) is 4.36. The molecule has 0 aliphatic carbocycles. The molecule has 8 heteroatoms. The molecule has 0 spiro atoms. The van der Waals surface area contributed by atoms with Gasteiger partial charge >= 0.3 is 0 Å². The fraction of sp³-hybridized carbons (Fsp3) is 0.562. The van der Waals surface area contributed by atoms with Gasteiger partial charge in [0, 0.05) is 44.2 Å². The Morgan fingerprint density at radius 3 is 2.50 bits per heavy atom. The van der Waals surface area contributed by atoms with Crippen LogP contribution in [0.4, 0.5) is 17.6 Å². The smallest absolute Gasteiger partial charge is 0.223 e. The lowest BCUT2D eigenvalue weighted by Gasteiger charge is -2.34. The first-order chi connectivity index (χ1) is 11.4. The number of hydrogen-bond acceptors (Lipinski definition) is 8. The molecule has 1 aliphatic heterocycles. The van der Waals surface area contributed by atoms with Crippen LogP contribution >= 0.6 is 0 Å². The van der Waals surface area contributed by atoms with Gasteiger partial charge in [0.05, 0.1) is 5.69 Å². The van der Waals surface area contributed by atoms with Gasteiger partial charge in [-0.1, -0.05) is 19.0 Å². The van der Waals surface area contributed by atoms with E-state index in [1.165, 1.54) is 0 Å². The van der Waals surface area contributed by atoms with Crippen LogP contribution in [0.2, 0.25) is 0 Å². The Morgan fingerprint density at radius 2 is 1.88 bits per heavy atom. The number of nitrogen functional groups attached to an aromatic ring is 2. The number of nitrogens with zero attached hydrogens (tertiary/aromatic N) is 5. The molecular formula is C16H25N7O. The molecule has 2 aromatic rings. The summed E-state index contributed by atoms with van der Waals surface area (Å²) in [6.45, 7) is 7.88. The van der Waals surface area contributed by atoms with Crippen molar-refractivity contribution in [2.45, 2.75) is 26.2 Å². The second kappa shape index (κ2) is 6.64. The zero-order valence-electron chi connectivity index (χ0n) is 14.5. The predicted octanol–water partition coefficient (Wildman–Crippen LogP) is 1.10. The van der Waals surface area contributed by atoms with Gasteiger partial charge in [0.15, 0.2) is 0 Å². The fourth-order valence-electron chi connectivity index (χ4n) is 2.81. The molecule has 0 bridgehead atoms. The molecule has 0 unspecified atom stereocenters. The van der Waals surface area contributed by atoms with E-state index in [1.807, 2.05) is 6.07 Å². The van der Waals surface area contributed by atoms with Gasteiger partial charge in [-0.15, -0.1) is 0 Å². The summed E-state index contributed by atoms with van der Waals surface area (Å²) in [7, 11) is 2.11. The zero-order valence-corrected chi connectivity index (χ0v) is 14.5. The van der Waals surface area contributed by atoms with E-state index in [9.17, 15) is 0 Å². The van der Waals surface area contributed by atoms with Crippen molar-refractivity contribution in [1.29, 1.82) is 0 Å². The van der Waals surface area contributed by atoms with Crippen molar-refractivity contribution in [2.75, 3.05) is 49.6 Å². The molecular weight excluding hydrogens is 306 g/mol. The van der Waals surface area contributed by atoms with E-state index in [4.69, 9.17) is 16.0 Å². The summed E-state index contributed by atoms with van der Waals surface area (Å²) in [6.07, 6.45) is 0.507. The lowest BCUT2D eigenvalue weighted by molar-refractivity contribution is 0.311. The highest BCUT2D eigenvalue weighted by Crippen LogP contribution is 2.28. The summed E-state index contributed by atoms with van der Waals surface area (Å²) in [5.41, 5.74) is 13.7. The summed E-state index contributed by atoms with van der Waals surface area (Å²) in [6, 6.07) is 1.97. The number of aromatic nitrogens is 3. The molecule has 2 aromatic heterocycles. The number of likely N-dealkylation sites (N-methyl/N-ethyl adjacent to an activating group) is 1. The quantitative estimate of drug-likeness (QED) is 0.857. The van der Waals surface area contributed by atoms with Crippen LogP contribution < -0.4 is 16.4 Å². The lowest BCUT2D eigenvalue weighted by atomic mass is 10.1. The van der Waals surface area contributed by atoms with E-state index in [2.05, 4.69) is 45.8 Å². The van der Waals surface area contributed by atoms with Crippen LogP contribution in [0.15, 0.2) is 10.6 Å². The predicted molar refractivity (Wildman–Crippen MR) is 94.0 cm³/mol. The Kier molecular flexibility index (Phi) is 4.57. The maximum atomic E-state index is 6.14. The molecule has 0 amide bonds. The highest BCUT2D eigenvalue weighted by atomic mass is 16.5. The van der Waals surface area contributed by atoms with Crippen molar-refractivity contribution in [3.05, 3.63) is 23.1 Å². The molecule has 1 saturated heterocycles. The first-order valence-corrected chi connectivity index (χ1v) is 8.25. The van der Waals surface area contributed by atoms with Crippen LogP contribution in [-0.2, 0) is 6.42 Å². The van der Waals surface area contributed by atoms with Gasteiger partial charge in [0.1, 0.15) is 17.4 Å². The summed E-state index contributed by atoms with van der Waals surface area (Å²) in [4.78, 5) is 13.1. The van der Waals surface area contributed by atoms with Gasteiger partial charge in [-0.25, -0.2) is 0 Å². The average molecular weight is 331 g/mol. The molecule has 4 N–H and O–H groups in total. The maximum absolute atomic E-state index is 6.14. The van der Waals surface area contributed by atoms with Crippen LogP contribution in [0.3, 0.4) is 0 Å². The minimum absolute atomic E-state index is 0.200. The SMILES string of the molecule is CC(C)c1cc(Cc2c(N)nc(N)nc2N2CCN(C)CC2)on1. The second-order valence-electron chi connectivity index (χ2n) is 6.61. The summed E-state index contributed by atoms with van der Waals surface area (Å²) in [5, 5.41) is 4.11. The van der Waals surface area contributed by atoms with Gasteiger partial charge in [-0.3, -0.25) is 0 Å². The fourth-order valence-corrected chi connectivity index (χ4v) is 2.81. The summed E-state index contributed by atoms with van der Waals surface area (Å²) >= 11 is 0. The van der Waals surface area contributed by atoms with Gasteiger partial charge in [-0.2, -0.15) is 9.97 Å². The third-order valence-electron chi connectivity index (χ3n) is 4.36. The van der Waals surface area contributed by atoms with E-state index < -0.39 is 0 Å². The molecule has 0 atom stereocenters. The van der Waals surface area contributed by atoms with Crippen LogP contribution in [0.5, 0.6) is 0 Å². The molecule has 0 radical (unpaired) electrons. The third kappa shape index (κ3) is 3.43. The Hall–Kier alpha value is -2.35. The van der Waals surface area contributed by atoms with E-state index in [0.717, 1.165) is 49.0 Å². The highest BCUT2D eigenvalue weighted by Gasteiger charge is 2.22. The molecule has 8 nitrogen and oxygen atoms in total. The van der Waals surface area contributed by atoms with Gasteiger partial charge in [0.25, 0.3) is 0 Å². The normalized spacial score (nSPS) is 16.1. The molecule has 1 aliphatic rings. The first kappa shape index (κ1) is 16.5. The molecule has 1 fully saturated rings. The standard InChI is InChI=1S/C16H25N7O/c1-10(2)13-9-11(24-21-13)8-12-14(17)19-16(18)20-15(12)23-6-4-22(3)5-7-23/h9-10H,4-8H2,1-3H3,(H4,17,18,19,20). The Morgan fingerprint density at radius 1 is 1.17 bits per heavy atom.